The van der Waals surface area contributed by atoms with Gasteiger partial charge in [-0.1, -0.05) is 39.0 Å². The van der Waals surface area contributed by atoms with Gasteiger partial charge in [0.15, 0.2) is 0 Å². The van der Waals surface area contributed by atoms with Crippen LogP contribution in [0.4, 0.5) is 0 Å². The zero-order valence-corrected chi connectivity index (χ0v) is 8.63. The van der Waals surface area contributed by atoms with E-state index in [1.165, 1.54) is 0 Å². The van der Waals surface area contributed by atoms with Crippen LogP contribution < -0.4 is 5.32 Å². The van der Waals surface area contributed by atoms with Crippen molar-refractivity contribution in [3.63, 3.8) is 0 Å². The minimum Gasteiger partial charge on any atom is -0.309 e. The Labute approximate surface area is 74.8 Å². The van der Waals surface area contributed by atoms with Crippen LogP contribution in [0.1, 0.15) is 27.7 Å². The van der Waals surface area contributed by atoms with Gasteiger partial charge in [-0.05, 0) is 12.3 Å². The molecule has 0 aliphatic carbocycles. The molecule has 0 amide bonds. The summed E-state index contributed by atoms with van der Waals surface area (Å²) in [4.78, 5) is 0. The lowest BCUT2D eigenvalue weighted by atomic mass is 9.88. The molecule has 0 spiro atoms. The lowest BCUT2D eigenvalue weighted by Crippen LogP contribution is -2.38. The zero-order valence-electron chi connectivity index (χ0n) is 7.87. The van der Waals surface area contributed by atoms with Gasteiger partial charge in [-0.2, -0.15) is 0 Å². The van der Waals surface area contributed by atoms with Crippen molar-refractivity contribution in [3.05, 3.63) is 11.6 Å². The van der Waals surface area contributed by atoms with Crippen LogP contribution in [0.3, 0.4) is 0 Å². The number of hydrogen-bond donors (Lipinski definition) is 1. The molecular formula is C9H18ClN. The molecule has 0 saturated heterocycles. The Kier molecular flexibility index (Phi) is 4.12. The summed E-state index contributed by atoms with van der Waals surface area (Å²) in [6.07, 6.45) is 0. The Hall–Kier alpha value is -0.0100. The van der Waals surface area contributed by atoms with E-state index in [1.807, 2.05) is 0 Å². The van der Waals surface area contributed by atoms with Crippen LogP contribution in [0.2, 0.25) is 0 Å². The van der Waals surface area contributed by atoms with E-state index >= 15 is 0 Å². The van der Waals surface area contributed by atoms with E-state index in [-0.39, 0.29) is 5.41 Å². The highest BCUT2D eigenvalue weighted by atomic mass is 35.5. The maximum absolute atomic E-state index is 5.61. The SMILES string of the molecule is C=C(Cl)CNC(C)C(C)(C)C. The van der Waals surface area contributed by atoms with Crippen molar-refractivity contribution in [2.45, 2.75) is 33.7 Å². The highest BCUT2D eigenvalue weighted by Crippen LogP contribution is 2.18. The van der Waals surface area contributed by atoms with Gasteiger partial charge in [0.1, 0.15) is 0 Å². The molecule has 0 aromatic carbocycles. The van der Waals surface area contributed by atoms with Crippen molar-refractivity contribution in [3.8, 4) is 0 Å². The molecule has 0 radical (unpaired) electrons. The normalized spacial score (nSPS) is 14.6. The summed E-state index contributed by atoms with van der Waals surface area (Å²) in [6.45, 7) is 13.0. The van der Waals surface area contributed by atoms with E-state index < -0.39 is 0 Å². The van der Waals surface area contributed by atoms with Crippen LogP contribution in [0.25, 0.3) is 0 Å². The van der Waals surface area contributed by atoms with E-state index in [0.717, 1.165) is 0 Å². The summed E-state index contributed by atoms with van der Waals surface area (Å²) in [5, 5.41) is 3.96. The standard InChI is InChI=1S/C9H18ClN/c1-7(10)6-11-8(2)9(3,4)5/h8,11H,1,6H2,2-5H3. The number of rotatable bonds is 3. The van der Waals surface area contributed by atoms with E-state index in [9.17, 15) is 0 Å². The smallest absolute Gasteiger partial charge is 0.0310 e. The quantitative estimate of drug-likeness (QED) is 0.696. The van der Waals surface area contributed by atoms with Gasteiger partial charge in [-0.3, -0.25) is 0 Å². The van der Waals surface area contributed by atoms with Crippen LogP contribution in [0.15, 0.2) is 11.6 Å². The molecule has 0 heterocycles. The molecule has 11 heavy (non-hydrogen) atoms. The summed E-state index contributed by atoms with van der Waals surface area (Å²) < 4.78 is 0. The molecule has 0 aliphatic heterocycles. The molecule has 0 aromatic rings. The summed E-state index contributed by atoms with van der Waals surface area (Å²) in [5.74, 6) is 0. The molecule has 66 valence electrons. The van der Waals surface area contributed by atoms with E-state index in [4.69, 9.17) is 11.6 Å². The van der Waals surface area contributed by atoms with E-state index in [2.05, 4.69) is 39.6 Å². The second kappa shape index (κ2) is 4.13. The maximum Gasteiger partial charge on any atom is 0.0310 e. The average Bonchev–Trinajstić information content (AvgIpc) is 1.80. The third-order valence-electron chi connectivity index (χ3n) is 1.90. The third-order valence-corrected chi connectivity index (χ3v) is 2.03. The van der Waals surface area contributed by atoms with Crippen LogP contribution in [-0.2, 0) is 0 Å². The van der Waals surface area contributed by atoms with Crippen LogP contribution >= 0.6 is 11.6 Å². The molecule has 2 heteroatoms. The van der Waals surface area contributed by atoms with Gasteiger partial charge in [0.25, 0.3) is 0 Å². The highest BCUT2D eigenvalue weighted by Gasteiger charge is 2.18. The van der Waals surface area contributed by atoms with Gasteiger partial charge in [-0.25, -0.2) is 0 Å². The molecule has 1 N–H and O–H groups in total. The van der Waals surface area contributed by atoms with E-state index in [1.54, 1.807) is 0 Å². The first-order valence-corrected chi connectivity index (χ1v) is 4.28. The Balaban J connectivity index is 3.70. The fourth-order valence-electron chi connectivity index (χ4n) is 0.570. The van der Waals surface area contributed by atoms with Crippen molar-refractivity contribution in [2.75, 3.05) is 6.54 Å². The lowest BCUT2D eigenvalue weighted by molar-refractivity contribution is 0.294. The first-order valence-electron chi connectivity index (χ1n) is 3.90. The second-order valence-corrected chi connectivity index (χ2v) is 4.52. The minimum absolute atomic E-state index is 0.284. The average molecular weight is 176 g/mol. The van der Waals surface area contributed by atoms with Crippen molar-refractivity contribution >= 4 is 11.6 Å². The van der Waals surface area contributed by atoms with Crippen molar-refractivity contribution in [2.24, 2.45) is 5.41 Å². The Morgan fingerprint density at radius 1 is 1.55 bits per heavy atom. The van der Waals surface area contributed by atoms with Crippen molar-refractivity contribution in [1.29, 1.82) is 0 Å². The van der Waals surface area contributed by atoms with Gasteiger partial charge in [0.05, 0.1) is 0 Å². The van der Waals surface area contributed by atoms with Gasteiger partial charge >= 0.3 is 0 Å². The zero-order chi connectivity index (χ0) is 9.07. The van der Waals surface area contributed by atoms with Gasteiger partial charge in [0.2, 0.25) is 0 Å². The van der Waals surface area contributed by atoms with Crippen LogP contribution in [0, 0.1) is 5.41 Å². The molecule has 1 nitrogen and oxygen atoms in total. The highest BCUT2D eigenvalue weighted by molar-refractivity contribution is 6.29. The molecule has 0 aliphatic rings. The molecule has 0 saturated carbocycles. The summed E-state index contributed by atoms with van der Waals surface area (Å²) >= 11 is 5.61. The largest absolute Gasteiger partial charge is 0.309 e. The molecule has 0 fully saturated rings. The monoisotopic (exact) mass is 175 g/mol. The fraction of sp³-hybridized carbons (Fsp3) is 0.778. The molecule has 0 rings (SSSR count). The molecule has 0 bridgehead atoms. The van der Waals surface area contributed by atoms with Gasteiger partial charge < -0.3 is 5.32 Å². The first kappa shape index (κ1) is 11.0. The molecular weight excluding hydrogens is 158 g/mol. The number of hydrogen-bond acceptors (Lipinski definition) is 1. The second-order valence-electron chi connectivity index (χ2n) is 3.99. The first-order chi connectivity index (χ1) is 4.84. The van der Waals surface area contributed by atoms with Crippen LogP contribution in [0.5, 0.6) is 0 Å². The minimum atomic E-state index is 0.284. The fourth-order valence-corrected chi connectivity index (χ4v) is 0.647. The summed E-state index contributed by atoms with van der Waals surface area (Å²) in [5.41, 5.74) is 0.284. The Bertz CT molecular complexity index is 135. The van der Waals surface area contributed by atoms with Gasteiger partial charge in [0, 0.05) is 17.6 Å². The molecule has 1 atom stereocenters. The van der Waals surface area contributed by atoms with Crippen LogP contribution in [-0.4, -0.2) is 12.6 Å². The third kappa shape index (κ3) is 5.28. The van der Waals surface area contributed by atoms with Crippen molar-refractivity contribution in [1.82, 2.24) is 5.32 Å². The predicted octanol–water partition coefficient (Wildman–Crippen LogP) is 2.76. The lowest BCUT2D eigenvalue weighted by Gasteiger charge is -2.28. The van der Waals surface area contributed by atoms with E-state index in [0.29, 0.717) is 17.6 Å². The maximum atomic E-state index is 5.61. The number of halogens is 1. The Morgan fingerprint density at radius 2 is 2.00 bits per heavy atom. The molecule has 0 aromatic heterocycles. The predicted molar refractivity (Wildman–Crippen MR) is 51.9 cm³/mol. The Morgan fingerprint density at radius 3 is 2.27 bits per heavy atom. The molecule has 1 unspecified atom stereocenters. The summed E-state index contributed by atoms with van der Waals surface area (Å²) in [7, 11) is 0. The van der Waals surface area contributed by atoms with Crippen molar-refractivity contribution < 1.29 is 0 Å². The number of nitrogens with one attached hydrogen (secondary N) is 1. The topological polar surface area (TPSA) is 12.0 Å². The summed E-state index contributed by atoms with van der Waals surface area (Å²) in [6, 6.07) is 0.456. The van der Waals surface area contributed by atoms with Gasteiger partial charge in [-0.15, -0.1) is 0 Å².